The zero-order valence-corrected chi connectivity index (χ0v) is 11.4. The van der Waals surface area contributed by atoms with Crippen LogP contribution in [0.2, 0.25) is 0 Å². The quantitative estimate of drug-likeness (QED) is 0.809. The van der Waals surface area contributed by atoms with Gasteiger partial charge in [0.15, 0.2) is 5.65 Å². The summed E-state index contributed by atoms with van der Waals surface area (Å²) in [6.45, 7) is 2.27. The molecule has 4 nitrogen and oxygen atoms in total. The lowest BCUT2D eigenvalue weighted by Gasteiger charge is -2.28. The second-order valence-electron chi connectivity index (χ2n) is 4.73. The fourth-order valence-electron chi connectivity index (χ4n) is 2.54. The lowest BCUT2D eigenvalue weighted by molar-refractivity contribution is 0.245. The zero-order chi connectivity index (χ0) is 11.8. The molecule has 2 aromatic rings. The second kappa shape index (κ2) is 4.38. The number of rotatable bonds is 1. The standard InChI is InChI=1S/C12H15BrN4/c1-16-5-2-3-9(8-16)12-15-14-11-7-10(13)4-6-17(11)12/h4,6-7,9H,2-3,5,8H2,1H3. The molecule has 2 aromatic heterocycles. The largest absolute Gasteiger partial charge is 0.306 e. The van der Waals surface area contributed by atoms with Gasteiger partial charge >= 0.3 is 0 Å². The molecule has 1 unspecified atom stereocenters. The van der Waals surface area contributed by atoms with Crippen molar-refractivity contribution in [3.8, 4) is 0 Å². The summed E-state index contributed by atoms with van der Waals surface area (Å²) in [5.41, 5.74) is 0.919. The van der Waals surface area contributed by atoms with E-state index in [2.05, 4.69) is 42.5 Å². The van der Waals surface area contributed by atoms with Crippen LogP contribution >= 0.6 is 15.9 Å². The van der Waals surface area contributed by atoms with E-state index >= 15 is 0 Å². The molecule has 0 radical (unpaired) electrons. The third-order valence-corrected chi connectivity index (χ3v) is 3.88. The first kappa shape index (κ1) is 11.2. The highest BCUT2D eigenvalue weighted by Gasteiger charge is 2.23. The summed E-state index contributed by atoms with van der Waals surface area (Å²) in [6.07, 6.45) is 4.50. The lowest BCUT2D eigenvalue weighted by Crippen LogP contribution is -2.31. The van der Waals surface area contributed by atoms with E-state index in [1.165, 1.54) is 19.4 Å². The molecular weight excluding hydrogens is 280 g/mol. The minimum absolute atomic E-state index is 0.505. The van der Waals surface area contributed by atoms with E-state index in [9.17, 15) is 0 Å². The van der Waals surface area contributed by atoms with Crippen LogP contribution in [0.5, 0.6) is 0 Å². The first-order chi connectivity index (χ1) is 8.24. The lowest BCUT2D eigenvalue weighted by atomic mass is 9.98. The van der Waals surface area contributed by atoms with Gasteiger partial charge in [0.1, 0.15) is 5.82 Å². The van der Waals surface area contributed by atoms with Crippen LogP contribution in [0.15, 0.2) is 22.8 Å². The number of likely N-dealkylation sites (tertiary alicyclic amines) is 1. The summed E-state index contributed by atoms with van der Waals surface area (Å²) < 4.78 is 3.15. The molecule has 0 amide bonds. The average Bonchev–Trinajstić information content (AvgIpc) is 2.71. The van der Waals surface area contributed by atoms with E-state index in [4.69, 9.17) is 0 Å². The summed E-state index contributed by atoms with van der Waals surface area (Å²) in [6, 6.07) is 4.04. The normalized spacial score (nSPS) is 22.1. The van der Waals surface area contributed by atoms with Crippen molar-refractivity contribution in [3.63, 3.8) is 0 Å². The van der Waals surface area contributed by atoms with Crippen LogP contribution in [-0.2, 0) is 0 Å². The minimum atomic E-state index is 0.505. The highest BCUT2D eigenvalue weighted by molar-refractivity contribution is 9.10. The summed E-state index contributed by atoms with van der Waals surface area (Å²) in [5, 5.41) is 8.60. The molecule has 3 rings (SSSR count). The van der Waals surface area contributed by atoms with Crippen molar-refractivity contribution in [1.29, 1.82) is 0 Å². The Morgan fingerprint density at radius 3 is 3.12 bits per heavy atom. The third-order valence-electron chi connectivity index (χ3n) is 3.39. The van der Waals surface area contributed by atoms with Crippen LogP contribution in [0.25, 0.3) is 5.65 Å². The van der Waals surface area contributed by atoms with Crippen LogP contribution < -0.4 is 0 Å². The van der Waals surface area contributed by atoms with E-state index < -0.39 is 0 Å². The van der Waals surface area contributed by atoms with Gasteiger partial charge < -0.3 is 4.90 Å². The smallest absolute Gasteiger partial charge is 0.161 e. The number of fused-ring (bicyclic) bond motifs is 1. The number of likely N-dealkylation sites (N-methyl/N-ethyl adjacent to an activating group) is 1. The molecule has 3 heterocycles. The predicted molar refractivity (Wildman–Crippen MR) is 70.2 cm³/mol. The van der Waals surface area contributed by atoms with Gasteiger partial charge in [0, 0.05) is 23.1 Å². The van der Waals surface area contributed by atoms with E-state index in [-0.39, 0.29) is 0 Å². The molecular formula is C12H15BrN4. The van der Waals surface area contributed by atoms with Crippen LogP contribution in [0.4, 0.5) is 0 Å². The number of piperidine rings is 1. The van der Waals surface area contributed by atoms with Crippen molar-refractivity contribution in [2.75, 3.05) is 20.1 Å². The van der Waals surface area contributed by atoms with Crippen LogP contribution in [-0.4, -0.2) is 39.6 Å². The van der Waals surface area contributed by atoms with Crippen molar-refractivity contribution in [3.05, 3.63) is 28.6 Å². The SMILES string of the molecule is CN1CCCC(c2nnc3cc(Br)ccn23)C1. The third kappa shape index (κ3) is 2.09. The van der Waals surface area contributed by atoms with Gasteiger partial charge in [-0.3, -0.25) is 4.40 Å². The Bertz CT molecular complexity index is 536. The molecule has 0 saturated carbocycles. The van der Waals surface area contributed by atoms with E-state index in [0.29, 0.717) is 5.92 Å². The Morgan fingerprint density at radius 1 is 1.41 bits per heavy atom. The Kier molecular flexibility index (Phi) is 2.88. The van der Waals surface area contributed by atoms with Crippen molar-refractivity contribution >= 4 is 21.6 Å². The zero-order valence-electron chi connectivity index (χ0n) is 9.80. The van der Waals surface area contributed by atoms with Crippen molar-refractivity contribution in [2.24, 2.45) is 0 Å². The fourth-order valence-corrected chi connectivity index (χ4v) is 2.86. The summed E-state index contributed by atoms with van der Waals surface area (Å²) in [5.74, 6) is 1.60. The molecule has 1 aliphatic rings. The highest BCUT2D eigenvalue weighted by atomic mass is 79.9. The molecule has 1 fully saturated rings. The summed E-state index contributed by atoms with van der Waals surface area (Å²) in [7, 11) is 2.17. The van der Waals surface area contributed by atoms with E-state index in [1.807, 2.05) is 18.3 Å². The molecule has 0 N–H and O–H groups in total. The van der Waals surface area contributed by atoms with Gasteiger partial charge in [0.25, 0.3) is 0 Å². The van der Waals surface area contributed by atoms with Gasteiger partial charge in [-0.2, -0.15) is 0 Å². The Morgan fingerprint density at radius 2 is 2.29 bits per heavy atom. The average molecular weight is 295 g/mol. The number of hydrogen-bond donors (Lipinski definition) is 0. The number of hydrogen-bond acceptors (Lipinski definition) is 3. The highest BCUT2D eigenvalue weighted by Crippen LogP contribution is 2.25. The summed E-state index contributed by atoms with van der Waals surface area (Å²) in [4.78, 5) is 2.37. The molecule has 1 saturated heterocycles. The molecule has 0 aliphatic carbocycles. The predicted octanol–water partition coefficient (Wildman–Crippen LogP) is 2.30. The number of halogens is 1. The maximum absolute atomic E-state index is 4.36. The topological polar surface area (TPSA) is 33.4 Å². The van der Waals surface area contributed by atoms with Crippen LogP contribution in [0, 0.1) is 0 Å². The van der Waals surface area contributed by atoms with E-state index in [0.717, 1.165) is 22.5 Å². The fraction of sp³-hybridized carbons (Fsp3) is 0.500. The first-order valence-corrected chi connectivity index (χ1v) is 6.72. The maximum Gasteiger partial charge on any atom is 0.161 e. The Labute approximate surface area is 109 Å². The molecule has 1 atom stereocenters. The van der Waals surface area contributed by atoms with Crippen molar-refractivity contribution < 1.29 is 0 Å². The van der Waals surface area contributed by atoms with Gasteiger partial charge in [0.2, 0.25) is 0 Å². The Hall–Kier alpha value is -0.940. The van der Waals surface area contributed by atoms with Gasteiger partial charge in [-0.25, -0.2) is 0 Å². The molecule has 0 spiro atoms. The molecule has 1 aliphatic heterocycles. The molecule has 90 valence electrons. The molecule has 17 heavy (non-hydrogen) atoms. The van der Waals surface area contributed by atoms with Gasteiger partial charge in [-0.1, -0.05) is 15.9 Å². The summed E-state index contributed by atoms with van der Waals surface area (Å²) >= 11 is 3.46. The first-order valence-electron chi connectivity index (χ1n) is 5.93. The molecule has 0 bridgehead atoms. The molecule has 5 heteroatoms. The van der Waals surface area contributed by atoms with Crippen molar-refractivity contribution in [1.82, 2.24) is 19.5 Å². The second-order valence-corrected chi connectivity index (χ2v) is 5.65. The maximum atomic E-state index is 4.36. The molecule has 0 aromatic carbocycles. The number of nitrogens with zero attached hydrogens (tertiary/aromatic N) is 4. The van der Waals surface area contributed by atoms with Crippen LogP contribution in [0.3, 0.4) is 0 Å². The van der Waals surface area contributed by atoms with E-state index in [1.54, 1.807) is 0 Å². The number of pyridine rings is 1. The van der Waals surface area contributed by atoms with Crippen molar-refractivity contribution in [2.45, 2.75) is 18.8 Å². The Balaban J connectivity index is 1.99. The van der Waals surface area contributed by atoms with Gasteiger partial charge in [-0.15, -0.1) is 10.2 Å². The monoisotopic (exact) mass is 294 g/mol. The van der Waals surface area contributed by atoms with Gasteiger partial charge in [0.05, 0.1) is 0 Å². The number of aromatic nitrogens is 3. The van der Waals surface area contributed by atoms with Gasteiger partial charge in [-0.05, 0) is 38.6 Å². The van der Waals surface area contributed by atoms with Crippen LogP contribution in [0.1, 0.15) is 24.6 Å². The minimum Gasteiger partial charge on any atom is -0.306 e.